The first-order chi connectivity index (χ1) is 9.26. The van der Waals surface area contributed by atoms with Crippen LogP contribution in [0.1, 0.15) is 39.0 Å². The van der Waals surface area contributed by atoms with E-state index in [2.05, 4.69) is 22.0 Å². The van der Waals surface area contributed by atoms with Gasteiger partial charge in [-0.3, -0.25) is 4.79 Å². The van der Waals surface area contributed by atoms with Crippen molar-refractivity contribution in [2.24, 2.45) is 5.92 Å². The lowest BCUT2D eigenvalue weighted by molar-refractivity contribution is -0.136. The molecule has 0 aromatic heterocycles. The summed E-state index contributed by atoms with van der Waals surface area (Å²) in [7, 11) is 0. The summed E-state index contributed by atoms with van der Waals surface area (Å²) in [4.78, 5) is 17.1. The molecule has 0 spiro atoms. The number of carbonyl (C=O) groups is 1. The van der Waals surface area contributed by atoms with E-state index in [4.69, 9.17) is 0 Å². The Balaban J connectivity index is 1.50. The summed E-state index contributed by atoms with van der Waals surface area (Å²) in [5.74, 6) is 1.07. The van der Waals surface area contributed by atoms with Crippen molar-refractivity contribution in [2.45, 2.75) is 51.1 Å². The second kappa shape index (κ2) is 5.80. The molecule has 1 amide bonds. The van der Waals surface area contributed by atoms with Crippen LogP contribution >= 0.6 is 0 Å². The quantitative estimate of drug-likeness (QED) is 0.808. The van der Waals surface area contributed by atoms with Gasteiger partial charge in [0.25, 0.3) is 0 Å². The fourth-order valence-electron chi connectivity index (χ4n) is 3.47. The Bertz CT molecular complexity index is 329. The zero-order chi connectivity index (χ0) is 13.2. The lowest BCUT2D eigenvalue weighted by Crippen LogP contribution is -2.52. The van der Waals surface area contributed by atoms with Crippen LogP contribution in [-0.2, 0) is 4.79 Å². The molecule has 3 rings (SSSR count). The smallest absolute Gasteiger partial charge is 0.239 e. The van der Waals surface area contributed by atoms with E-state index in [1.807, 2.05) is 0 Å². The lowest BCUT2D eigenvalue weighted by Gasteiger charge is -2.34. The summed E-state index contributed by atoms with van der Waals surface area (Å²) in [6.45, 7) is 7.73. The molecule has 0 aromatic carbocycles. The fraction of sp³-hybridized carbons (Fsp3) is 0.933. The minimum absolute atomic E-state index is 0.116. The number of nitrogens with zero attached hydrogens (tertiary/aromatic N) is 2. The number of hydrogen-bond acceptors (Lipinski definition) is 3. The maximum absolute atomic E-state index is 12.5. The van der Waals surface area contributed by atoms with Gasteiger partial charge in [-0.15, -0.1) is 0 Å². The van der Waals surface area contributed by atoms with Gasteiger partial charge in [-0.25, -0.2) is 0 Å². The van der Waals surface area contributed by atoms with Gasteiger partial charge in [-0.1, -0.05) is 6.92 Å². The predicted molar refractivity (Wildman–Crippen MR) is 76.0 cm³/mol. The first kappa shape index (κ1) is 13.4. The number of rotatable bonds is 5. The summed E-state index contributed by atoms with van der Waals surface area (Å²) in [6.07, 6.45) is 5.99. The summed E-state index contributed by atoms with van der Waals surface area (Å²) in [6, 6.07) is 0.751. The third-order valence-electron chi connectivity index (χ3n) is 4.84. The van der Waals surface area contributed by atoms with Gasteiger partial charge in [0, 0.05) is 25.7 Å². The van der Waals surface area contributed by atoms with Crippen LogP contribution in [0.15, 0.2) is 0 Å². The zero-order valence-corrected chi connectivity index (χ0v) is 12.1. The van der Waals surface area contributed by atoms with Gasteiger partial charge < -0.3 is 15.1 Å². The van der Waals surface area contributed by atoms with Crippen LogP contribution < -0.4 is 5.32 Å². The van der Waals surface area contributed by atoms with Crippen molar-refractivity contribution in [3.63, 3.8) is 0 Å². The molecule has 4 heteroatoms. The van der Waals surface area contributed by atoms with E-state index in [0.717, 1.165) is 26.1 Å². The number of carbonyl (C=O) groups excluding carboxylic acids is 1. The van der Waals surface area contributed by atoms with E-state index in [-0.39, 0.29) is 6.04 Å². The molecule has 3 fully saturated rings. The van der Waals surface area contributed by atoms with Crippen molar-refractivity contribution in [1.29, 1.82) is 0 Å². The van der Waals surface area contributed by atoms with Gasteiger partial charge in [0.2, 0.25) is 5.91 Å². The Morgan fingerprint density at radius 2 is 2.05 bits per heavy atom. The van der Waals surface area contributed by atoms with Crippen molar-refractivity contribution < 1.29 is 4.79 Å². The molecule has 2 aliphatic heterocycles. The second-order valence-electron chi connectivity index (χ2n) is 6.47. The molecule has 0 bridgehead atoms. The van der Waals surface area contributed by atoms with Crippen LogP contribution in [0.2, 0.25) is 0 Å². The first-order valence-electron chi connectivity index (χ1n) is 8.03. The van der Waals surface area contributed by atoms with Crippen molar-refractivity contribution in [3.8, 4) is 0 Å². The Hall–Kier alpha value is -0.610. The highest BCUT2D eigenvalue weighted by Gasteiger charge is 2.34. The highest BCUT2D eigenvalue weighted by atomic mass is 16.2. The molecule has 1 aliphatic carbocycles. The van der Waals surface area contributed by atoms with Crippen LogP contribution in [0.5, 0.6) is 0 Å². The van der Waals surface area contributed by atoms with Gasteiger partial charge in [0.05, 0.1) is 6.04 Å². The molecule has 2 unspecified atom stereocenters. The van der Waals surface area contributed by atoms with Gasteiger partial charge >= 0.3 is 0 Å². The zero-order valence-electron chi connectivity index (χ0n) is 12.1. The Morgan fingerprint density at radius 1 is 1.21 bits per heavy atom. The van der Waals surface area contributed by atoms with Crippen LogP contribution in [0.25, 0.3) is 0 Å². The molecule has 2 atom stereocenters. The van der Waals surface area contributed by atoms with Crippen LogP contribution in [0, 0.1) is 5.92 Å². The van der Waals surface area contributed by atoms with Gasteiger partial charge in [0.15, 0.2) is 0 Å². The number of likely N-dealkylation sites (tertiary alicyclic amines) is 2. The molecule has 3 aliphatic rings. The number of hydrogen-bond donors (Lipinski definition) is 1. The molecule has 1 N–H and O–H groups in total. The van der Waals surface area contributed by atoms with Gasteiger partial charge in [-0.2, -0.15) is 0 Å². The van der Waals surface area contributed by atoms with Gasteiger partial charge in [0.1, 0.15) is 0 Å². The normalized spacial score (nSPS) is 33.1. The molecular formula is C15H27N3O. The topological polar surface area (TPSA) is 35.6 Å². The third-order valence-corrected chi connectivity index (χ3v) is 4.84. The minimum Gasteiger partial charge on any atom is -0.341 e. The Morgan fingerprint density at radius 3 is 2.74 bits per heavy atom. The molecule has 1 saturated carbocycles. The molecule has 2 heterocycles. The first-order valence-corrected chi connectivity index (χ1v) is 8.03. The Labute approximate surface area is 116 Å². The average Bonchev–Trinajstić information content (AvgIpc) is 3.11. The second-order valence-corrected chi connectivity index (χ2v) is 6.47. The van der Waals surface area contributed by atoms with Crippen molar-refractivity contribution in [3.05, 3.63) is 0 Å². The van der Waals surface area contributed by atoms with Gasteiger partial charge in [-0.05, 0) is 51.1 Å². The maximum Gasteiger partial charge on any atom is 0.239 e. The number of amides is 1. The van der Waals surface area contributed by atoms with E-state index in [9.17, 15) is 4.79 Å². The largest absolute Gasteiger partial charge is 0.341 e. The highest BCUT2D eigenvalue weighted by Crippen LogP contribution is 2.24. The number of piperidine rings is 1. The van der Waals surface area contributed by atoms with Crippen LogP contribution in [0.4, 0.5) is 0 Å². The Kier molecular flexibility index (Phi) is 4.08. The lowest BCUT2D eigenvalue weighted by atomic mass is 10.0. The summed E-state index contributed by atoms with van der Waals surface area (Å²) in [5.41, 5.74) is 0. The maximum atomic E-state index is 12.5. The van der Waals surface area contributed by atoms with Crippen LogP contribution in [0.3, 0.4) is 0 Å². The SMILES string of the molecule is CCN1CCC(CN2CCCC(NC3CC3)C2=O)C1. The molecule has 2 saturated heterocycles. The van der Waals surface area contributed by atoms with Crippen molar-refractivity contribution in [2.75, 3.05) is 32.7 Å². The predicted octanol–water partition coefficient (Wildman–Crippen LogP) is 1.07. The van der Waals surface area contributed by atoms with Crippen molar-refractivity contribution >= 4 is 5.91 Å². The highest BCUT2D eigenvalue weighted by molar-refractivity contribution is 5.82. The van der Waals surface area contributed by atoms with E-state index in [0.29, 0.717) is 17.9 Å². The fourth-order valence-corrected chi connectivity index (χ4v) is 3.47. The van der Waals surface area contributed by atoms with E-state index < -0.39 is 0 Å². The minimum atomic E-state index is 0.116. The summed E-state index contributed by atoms with van der Waals surface area (Å²) < 4.78 is 0. The monoisotopic (exact) mass is 265 g/mol. The third kappa shape index (κ3) is 3.29. The summed E-state index contributed by atoms with van der Waals surface area (Å²) >= 11 is 0. The average molecular weight is 265 g/mol. The summed E-state index contributed by atoms with van der Waals surface area (Å²) in [5, 5.41) is 3.52. The molecule has 4 nitrogen and oxygen atoms in total. The standard InChI is InChI=1S/C15H27N3O/c1-2-17-9-7-12(10-17)11-18-8-3-4-14(15(18)19)16-13-5-6-13/h12-14,16H,2-11H2,1H3. The number of nitrogens with one attached hydrogen (secondary N) is 1. The molecule has 108 valence electrons. The molecular weight excluding hydrogens is 238 g/mol. The van der Waals surface area contributed by atoms with Crippen molar-refractivity contribution in [1.82, 2.24) is 15.1 Å². The van der Waals surface area contributed by atoms with E-state index in [1.54, 1.807) is 0 Å². The molecule has 19 heavy (non-hydrogen) atoms. The molecule has 0 aromatic rings. The molecule has 0 radical (unpaired) electrons. The van der Waals surface area contributed by atoms with E-state index in [1.165, 1.54) is 38.8 Å². The van der Waals surface area contributed by atoms with E-state index >= 15 is 0 Å². The van der Waals surface area contributed by atoms with Crippen LogP contribution in [-0.4, -0.2) is 60.5 Å².